The monoisotopic (exact) mass is 377 g/mol. The Morgan fingerprint density at radius 3 is 2.50 bits per heavy atom. The first kappa shape index (κ1) is 20.2. The van der Waals surface area contributed by atoms with Crippen LogP contribution in [-0.2, 0) is 6.42 Å². The second-order valence-corrected chi connectivity index (χ2v) is 6.48. The molecular weight excluding hydrogens is 350 g/mol. The summed E-state index contributed by atoms with van der Waals surface area (Å²) >= 11 is 6.35. The summed E-state index contributed by atoms with van der Waals surface area (Å²) in [4.78, 5) is 0. The van der Waals surface area contributed by atoms with E-state index in [1.807, 2.05) is 37.3 Å². The minimum Gasteiger partial charge on any atom is -0.504 e. The molecule has 0 unspecified atom stereocenters. The first-order valence-electron chi connectivity index (χ1n) is 9.26. The Kier molecular flexibility index (Phi) is 8.42. The fourth-order valence-corrected chi connectivity index (χ4v) is 3.00. The topological polar surface area (TPSA) is 50.7 Å². The number of hydrogen-bond donors (Lipinski definition) is 2. The van der Waals surface area contributed by atoms with Crippen LogP contribution in [-0.4, -0.2) is 18.4 Å². The van der Waals surface area contributed by atoms with Crippen molar-refractivity contribution in [3.05, 3.63) is 47.0 Å². The highest BCUT2D eigenvalue weighted by Gasteiger charge is 2.16. The van der Waals surface area contributed by atoms with Crippen LogP contribution in [0.3, 0.4) is 0 Å². The van der Waals surface area contributed by atoms with E-state index in [2.05, 4.69) is 12.2 Å². The molecule has 0 atom stereocenters. The Bertz CT molecular complexity index is 677. The summed E-state index contributed by atoms with van der Waals surface area (Å²) in [6.07, 6.45) is 5.26. The average molecular weight is 378 g/mol. The molecule has 2 N–H and O–H groups in total. The summed E-state index contributed by atoms with van der Waals surface area (Å²) in [5, 5.41) is 13.8. The number of benzene rings is 2. The lowest BCUT2D eigenvalue weighted by Crippen LogP contribution is -2.10. The normalized spacial score (nSPS) is 10.6. The summed E-state index contributed by atoms with van der Waals surface area (Å²) in [5.74, 6) is 1.50. The van der Waals surface area contributed by atoms with Crippen molar-refractivity contribution in [3.8, 4) is 17.2 Å². The highest BCUT2D eigenvalue weighted by molar-refractivity contribution is 6.33. The van der Waals surface area contributed by atoms with Gasteiger partial charge in [0.25, 0.3) is 0 Å². The molecule has 0 amide bonds. The highest BCUT2D eigenvalue weighted by Crippen LogP contribution is 2.41. The summed E-state index contributed by atoms with van der Waals surface area (Å²) in [7, 11) is 0. The van der Waals surface area contributed by atoms with Crippen LogP contribution in [0.5, 0.6) is 17.2 Å². The third-order valence-electron chi connectivity index (χ3n) is 4.15. The molecule has 0 radical (unpaired) electrons. The van der Waals surface area contributed by atoms with Crippen LogP contribution in [0.25, 0.3) is 0 Å². The molecule has 142 valence electrons. The van der Waals surface area contributed by atoms with Crippen LogP contribution >= 0.6 is 11.6 Å². The molecular formula is C21H28ClNO3. The highest BCUT2D eigenvalue weighted by atomic mass is 35.5. The SMILES string of the molecule is CCCCCCOc1cc(NCOc2ccccc2)c(O)c(Cl)c1CC. The number of hydrogen-bond acceptors (Lipinski definition) is 4. The van der Waals surface area contributed by atoms with E-state index < -0.39 is 0 Å². The Balaban J connectivity index is 2.02. The number of ether oxygens (including phenoxy) is 2. The summed E-state index contributed by atoms with van der Waals surface area (Å²) in [6.45, 7) is 5.05. The van der Waals surface area contributed by atoms with Gasteiger partial charge in [0, 0.05) is 11.6 Å². The van der Waals surface area contributed by atoms with Gasteiger partial charge in [-0.3, -0.25) is 0 Å². The number of para-hydroxylation sites is 1. The Hall–Kier alpha value is -2.07. The van der Waals surface area contributed by atoms with Gasteiger partial charge < -0.3 is 19.9 Å². The second-order valence-electron chi connectivity index (χ2n) is 6.10. The van der Waals surface area contributed by atoms with E-state index in [4.69, 9.17) is 21.1 Å². The Morgan fingerprint density at radius 2 is 1.81 bits per heavy atom. The van der Waals surface area contributed by atoms with Gasteiger partial charge in [-0.05, 0) is 25.0 Å². The van der Waals surface area contributed by atoms with Crippen LogP contribution in [0.4, 0.5) is 5.69 Å². The van der Waals surface area contributed by atoms with E-state index in [9.17, 15) is 5.11 Å². The van der Waals surface area contributed by atoms with E-state index in [1.54, 1.807) is 6.07 Å². The van der Waals surface area contributed by atoms with E-state index in [0.717, 1.165) is 24.2 Å². The first-order chi connectivity index (χ1) is 12.7. The summed E-state index contributed by atoms with van der Waals surface area (Å²) in [6, 6.07) is 11.3. The quantitative estimate of drug-likeness (QED) is 0.286. The smallest absolute Gasteiger partial charge is 0.159 e. The maximum atomic E-state index is 10.4. The predicted octanol–water partition coefficient (Wildman–Crippen LogP) is 6.02. The summed E-state index contributed by atoms with van der Waals surface area (Å²) < 4.78 is 11.6. The number of halogens is 1. The van der Waals surface area contributed by atoms with Gasteiger partial charge in [-0.15, -0.1) is 0 Å². The van der Waals surface area contributed by atoms with Crippen LogP contribution in [0.1, 0.15) is 45.1 Å². The zero-order chi connectivity index (χ0) is 18.8. The molecule has 2 rings (SSSR count). The van der Waals surface area contributed by atoms with Crippen molar-refractivity contribution in [1.29, 1.82) is 0 Å². The van der Waals surface area contributed by atoms with E-state index in [-0.39, 0.29) is 12.5 Å². The van der Waals surface area contributed by atoms with Gasteiger partial charge >= 0.3 is 0 Å². The van der Waals surface area contributed by atoms with Crippen LogP contribution in [0.2, 0.25) is 5.02 Å². The molecule has 0 fully saturated rings. The van der Waals surface area contributed by atoms with Crippen molar-refractivity contribution < 1.29 is 14.6 Å². The van der Waals surface area contributed by atoms with Crippen molar-refractivity contribution in [1.82, 2.24) is 0 Å². The van der Waals surface area contributed by atoms with E-state index >= 15 is 0 Å². The van der Waals surface area contributed by atoms with Crippen LogP contribution < -0.4 is 14.8 Å². The van der Waals surface area contributed by atoms with Gasteiger partial charge in [-0.25, -0.2) is 0 Å². The molecule has 26 heavy (non-hydrogen) atoms. The number of nitrogens with one attached hydrogen (secondary N) is 1. The van der Waals surface area contributed by atoms with Gasteiger partial charge in [0.2, 0.25) is 0 Å². The van der Waals surface area contributed by atoms with Gasteiger partial charge in [0.15, 0.2) is 12.5 Å². The molecule has 0 spiro atoms. The van der Waals surface area contributed by atoms with Crippen LogP contribution in [0, 0.1) is 0 Å². The third-order valence-corrected chi connectivity index (χ3v) is 4.56. The lowest BCUT2D eigenvalue weighted by molar-refractivity contribution is 0.301. The van der Waals surface area contributed by atoms with Crippen molar-refractivity contribution >= 4 is 17.3 Å². The lowest BCUT2D eigenvalue weighted by atomic mass is 10.1. The fourth-order valence-electron chi connectivity index (χ4n) is 2.67. The Morgan fingerprint density at radius 1 is 1.04 bits per heavy atom. The summed E-state index contributed by atoms with van der Waals surface area (Å²) in [5.41, 5.74) is 1.33. The molecule has 0 heterocycles. The second kappa shape index (κ2) is 10.8. The largest absolute Gasteiger partial charge is 0.504 e. The molecule has 0 saturated heterocycles. The fraction of sp³-hybridized carbons (Fsp3) is 0.429. The van der Waals surface area contributed by atoms with Crippen molar-refractivity contribution in [2.75, 3.05) is 18.7 Å². The standard InChI is InChI=1S/C21H28ClNO3/c1-3-5-6-10-13-25-19-14-18(21(24)20(22)17(19)4-2)23-15-26-16-11-8-7-9-12-16/h7-9,11-12,14,23-24H,3-6,10,13,15H2,1-2H3. The lowest BCUT2D eigenvalue weighted by Gasteiger charge is -2.17. The number of rotatable bonds is 11. The molecule has 0 aliphatic carbocycles. The number of phenols is 1. The average Bonchev–Trinajstić information content (AvgIpc) is 2.66. The van der Waals surface area contributed by atoms with Crippen molar-refractivity contribution in [2.45, 2.75) is 46.0 Å². The molecule has 2 aromatic rings. The number of phenolic OH excluding ortho intramolecular Hbond substituents is 1. The number of aromatic hydroxyl groups is 1. The molecule has 4 nitrogen and oxygen atoms in total. The maximum absolute atomic E-state index is 10.4. The van der Waals surface area contributed by atoms with E-state index in [0.29, 0.717) is 29.5 Å². The predicted molar refractivity (Wildman–Crippen MR) is 108 cm³/mol. The van der Waals surface area contributed by atoms with Gasteiger partial charge in [0.1, 0.15) is 11.5 Å². The van der Waals surface area contributed by atoms with Crippen molar-refractivity contribution in [2.24, 2.45) is 0 Å². The first-order valence-corrected chi connectivity index (χ1v) is 9.64. The van der Waals surface area contributed by atoms with Gasteiger partial charge in [-0.2, -0.15) is 0 Å². The molecule has 0 aliphatic heterocycles. The number of unbranched alkanes of at least 4 members (excludes halogenated alkanes) is 3. The Labute approximate surface area is 161 Å². The molecule has 5 heteroatoms. The van der Waals surface area contributed by atoms with Crippen molar-refractivity contribution in [3.63, 3.8) is 0 Å². The third kappa shape index (κ3) is 5.73. The van der Waals surface area contributed by atoms with Crippen LogP contribution in [0.15, 0.2) is 36.4 Å². The molecule has 0 saturated carbocycles. The van der Waals surface area contributed by atoms with Gasteiger partial charge in [-0.1, -0.05) is 62.9 Å². The molecule has 0 bridgehead atoms. The number of anilines is 1. The zero-order valence-corrected chi connectivity index (χ0v) is 16.3. The molecule has 0 aliphatic rings. The zero-order valence-electron chi connectivity index (χ0n) is 15.6. The minimum atomic E-state index is 0.0264. The van der Waals surface area contributed by atoms with E-state index in [1.165, 1.54) is 12.8 Å². The molecule has 0 aromatic heterocycles. The molecule has 2 aromatic carbocycles. The van der Waals surface area contributed by atoms with Gasteiger partial charge in [0.05, 0.1) is 17.3 Å². The maximum Gasteiger partial charge on any atom is 0.159 e. The minimum absolute atomic E-state index is 0.0264.